The van der Waals surface area contributed by atoms with E-state index in [1.165, 1.54) is 0 Å². The Bertz CT molecular complexity index is 479. The molecule has 6 heteroatoms. The minimum atomic E-state index is -3.29. The van der Waals surface area contributed by atoms with Crippen molar-refractivity contribution in [2.75, 3.05) is 24.1 Å². The maximum absolute atomic E-state index is 11.9. The highest BCUT2D eigenvalue weighted by molar-refractivity contribution is 7.92. The van der Waals surface area contributed by atoms with Crippen LogP contribution in [-0.4, -0.2) is 33.9 Å². The topological polar surface area (TPSA) is 67.4 Å². The van der Waals surface area contributed by atoms with E-state index in [-0.39, 0.29) is 11.8 Å². The van der Waals surface area contributed by atoms with Crippen LogP contribution in [0.4, 0.5) is 5.69 Å². The highest BCUT2D eigenvalue weighted by Gasteiger charge is 2.21. The third-order valence-corrected chi connectivity index (χ3v) is 4.33. The van der Waals surface area contributed by atoms with Crippen molar-refractivity contribution in [1.82, 2.24) is 5.32 Å². The van der Waals surface area contributed by atoms with E-state index in [2.05, 4.69) is 10.0 Å². The van der Waals surface area contributed by atoms with Crippen LogP contribution in [0, 0.1) is 0 Å². The van der Waals surface area contributed by atoms with Gasteiger partial charge in [0.25, 0.3) is 0 Å². The first-order valence-electron chi connectivity index (χ1n) is 5.97. The molecule has 1 aromatic carbocycles. The molecular weight excluding hydrogens is 252 g/mol. The summed E-state index contributed by atoms with van der Waals surface area (Å²) in [5, 5.41) is 3.18. The molecule has 0 amide bonds. The van der Waals surface area contributed by atoms with Crippen molar-refractivity contribution in [3.63, 3.8) is 0 Å². The first-order valence-corrected chi connectivity index (χ1v) is 7.62. The minimum Gasteiger partial charge on any atom is -0.497 e. The zero-order valence-corrected chi connectivity index (χ0v) is 11.2. The molecule has 1 aromatic rings. The molecule has 1 heterocycles. The monoisotopic (exact) mass is 270 g/mol. The number of hydrogen-bond donors (Lipinski definition) is 2. The van der Waals surface area contributed by atoms with Gasteiger partial charge in [0.1, 0.15) is 5.75 Å². The Morgan fingerprint density at radius 1 is 1.39 bits per heavy atom. The Kier molecular flexibility index (Phi) is 4.08. The largest absolute Gasteiger partial charge is 0.497 e. The van der Waals surface area contributed by atoms with E-state index in [0.29, 0.717) is 11.4 Å². The maximum Gasteiger partial charge on any atom is 0.234 e. The first kappa shape index (κ1) is 13.2. The molecule has 1 aliphatic heterocycles. The van der Waals surface area contributed by atoms with Gasteiger partial charge in [0.15, 0.2) is 0 Å². The van der Waals surface area contributed by atoms with Crippen LogP contribution in [0.15, 0.2) is 24.3 Å². The number of nitrogens with one attached hydrogen (secondary N) is 2. The first-order chi connectivity index (χ1) is 8.59. The second-order valence-electron chi connectivity index (χ2n) is 4.41. The number of anilines is 1. The van der Waals surface area contributed by atoms with E-state index in [4.69, 9.17) is 4.74 Å². The Labute approximate surface area is 108 Å². The maximum atomic E-state index is 11.9. The predicted molar refractivity (Wildman–Crippen MR) is 71.4 cm³/mol. The standard InChI is InChI=1S/C12H18N2O3S/c1-17-12-6-4-10(5-7-12)14-18(15,16)9-11-3-2-8-13-11/h4-7,11,13-14H,2-3,8-9H2,1H3. The zero-order chi connectivity index (χ0) is 13.0. The predicted octanol–water partition coefficient (Wildman–Crippen LogP) is 1.19. The fourth-order valence-corrected chi connectivity index (χ4v) is 3.44. The molecule has 1 aliphatic rings. The summed E-state index contributed by atoms with van der Waals surface area (Å²) in [4.78, 5) is 0. The normalized spacial score (nSPS) is 19.7. The lowest BCUT2D eigenvalue weighted by Crippen LogP contribution is -2.32. The summed E-state index contributed by atoms with van der Waals surface area (Å²) in [5.74, 6) is 0.828. The molecule has 5 nitrogen and oxygen atoms in total. The van der Waals surface area contributed by atoms with Gasteiger partial charge < -0.3 is 10.1 Å². The van der Waals surface area contributed by atoms with Crippen molar-refractivity contribution in [2.45, 2.75) is 18.9 Å². The van der Waals surface area contributed by atoms with Crippen LogP contribution in [0.2, 0.25) is 0 Å². The van der Waals surface area contributed by atoms with Crippen molar-refractivity contribution in [3.05, 3.63) is 24.3 Å². The van der Waals surface area contributed by atoms with Crippen LogP contribution in [0.3, 0.4) is 0 Å². The molecule has 1 atom stereocenters. The number of ether oxygens (including phenoxy) is 1. The second kappa shape index (κ2) is 5.58. The molecule has 1 saturated heterocycles. The van der Waals surface area contributed by atoms with E-state index in [0.717, 1.165) is 19.4 Å². The number of benzene rings is 1. The molecule has 2 N–H and O–H groups in total. The van der Waals surface area contributed by atoms with Gasteiger partial charge in [-0.2, -0.15) is 0 Å². The van der Waals surface area contributed by atoms with Gasteiger partial charge in [-0.25, -0.2) is 8.42 Å². The molecule has 0 aliphatic carbocycles. The van der Waals surface area contributed by atoms with E-state index in [9.17, 15) is 8.42 Å². The Hall–Kier alpha value is -1.27. The van der Waals surface area contributed by atoms with Gasteiger partial charge in [-0.15, -0.1) is 0 Å². The third kappa shape index (κ3) is 3.61. The van der Waals surface area contributed by atoms with Gasteiger partial charge in [-0.3, -0.25) is 4.72 Å². The van der Waals surface area contributed by atoms with Crippen LogP contribution >= 0.6 is 0 Å². The number of sulfonamides is 1. The molecular formula is C12H18N2O3S. The van der Waals surface area contributed by atoms with Crippen LogP contribution in [0.25, 0.3) is 0 Å². The van der Waals surface area contributed by atoms with Crippen molar-refractivity contribution in [2.24, 2.45) is 0 Å². The van der Waals surface area contributed by atoms with Gasteiger partial charge in [0, 0.05) is 11.7 Å². The van der Waals surface area contributed by atoms with Crippen LogP contribution in [-0.2, 0) is 10.0 Å². The minimum absolute atomic E-state index is 0.0701. The number of methoxy groups -OCH3 is 1. The van der Waals surface area contributed by atoms with E-state index in [1.54, 1.807) is 31.4 Å². The molecule has 2 rings (SSSR count). The van der Waals surface area contributed by atoms with E-state index in [1.807, 2.05) is 0 Å². The summed E-state index contributed by atoms with van der Waals surface area (Å²) >= 11 is 0. The van der Waals surface area contributed by atoms with Gasteiger partial charge in [0.05, 0.1) is 12.9 Å². The lowest BCUT2D eigenvalue weighted by atomic mass is 10.3. The fourth-order valence-electron chi connectivity index (χ4n) is 2.04. The number of rotatable bonds is 5. The highest BCUT2D eigenvalue weighted by atomic mass is 32.2. The molecule has 100 valence electrons. The van der Waals surface area contributed by atoms with Gasteiger partial charge in [0.2, 0.25) is 10.0 Å². The lowest BCUT2D eigenvalue weighted by Gasteiger charge is -2.12. The summed E-state index contributed by atoms with van der Waals surface area (Å²) in [6.45, 7) is 0.905. The average Bonchev–Trinajstić information content (AvgIpc) is 2.81. The smallest absolute Gasteiger partial charge is 0.234 e. The summed E-state index contributed by atoms with van der Waals surface area (Å²) in [6, 6.07) is 6.91. The molecule has 0 aromatic heterocycles. The Morgan fingerprint density at radius 3 is 2.67 bits per heavy atom. The zero-order valence-electron chi connectivity index (χ0n) is 10.3. The second-order valence-corrected chi connectivity index (χ2v) is 6.17. The van der Waals surface area contributed by atoms with Gasteiger partial charge in [-0.1, -0.05) is 0 Å². The molecule has 1 unspecified atom stereocenters. The Balaban J connectivity index is 1.97. The third-order valence-electron chi connectivity index (χ3n) is 2.95. The van der Waals surface area contributed by atoms with Crippen LogP contribution < -0.4 is 14.8 Å². The summed E-state index contributed by atoms with van der Waals surface area (Å²) in [7, 11) is -1.72. The lowest BCUT2D eigenvalue weighted by molar-refractivity contribution is 0.415. The molecule has 1 fully saturated rings. The highest BCUT2D eigenvalue weighted by Crippen LogP contribution is 2.17. The fraction of sp³-hybridized carbons (Fsp3) is 0.500. The van der Waals surface area contributed by atoms with Crippen molar-refractivity contribution in [3.8, 4) is 5.75 Å². The summed E-state index contributed by atoms with van der Waals surface area (Å²) in [6.07, 6.45) is 1.96. The van der Waals surface area contributed by atoms with Crippen molar-refractivity contribution < 1.29 is 13.2 Å². The van der Waals surface area contributed by atoms with E-state index < -0.39 is 10.0 Å². The molecule has 0 spiro atoms. The van der Waals surface area contributed by atoms with Gasteiger partial charge in [-0.05, 0) is 43.7 Å². The summed E-state index contributed by atoms with van der Waals surface area (Å²) in [5.41, 5.74) is 0.564. The quantitative estimate of drug-likeness (QED) is 0.843. The average molecular weight is 270 g/mol. The van der Waals surface area contributed by atoms with Crippen molar-refractivity contribution >= 4 is 15.7 Å². The number of hydrogen-bond acceptors (Lipinski definition) is 4. The van der Waals surface area contributed by atoms with Crippen LogP contribution in [0.5, 0.6) is 5.75 Å². The van der Waals surface area contributed by atoms with Crippen molar-refractivity contribution in [1.29, 1.82) is 0 Å². The van der Waals surface area contributed by atoms with E-state index >= 15 is 0 Å². The van der Waals surface area contributed by atoms with Crippen LogP contribution in [0.1, 0.15) is 12.8 Å². The molecule has 0 bridgehead atoms. The summed E-state index contributed by atoms with van der Waals surface area (Å²) < 4.78 is 31.4. The Morgan fingerprint density at radius 2 is 2.11 bits per heavy atom. The molecule has 18 heavy (non-hydrogen) atoms. The molecule has 0 saturated carbocycles. The SMILES string of the molecule is COc1ccc(NS(=O)(=O)CC2CCCN2)cc1. The van der Waals surface area contributed by atoms with Gasteiger partial charge >= 0.3 is 0 Å². The molecule has 0 radical (unpaired) electrons.